The second kappa shape index (κ2) is 8.53. The van der Waals surface area contributed by atoms with Crippen LogP contribution in [0.25, 0.3) is 0 Å². The third-order valence-electron chi connectivity index (χ3n) is 4.41. The molecule has 140 valence electrons. The molecule has 0 aromatic carbocycles. The highest BCUT2D eigenvalue weighted by molar-refractivity contribution is 6.02. The number of hydrogen-bond acceptors (Lipinski definition) is 8. The Morgan fingerprint density at radius 3 is 1.72 bits per heavy atom. The van der Waals surface area contributed by atoms with Crippen LogP contribution in [0.5, 0.6) is 0 Å². The predicted molar refractivity (Wildman–Crippen MR) is 83.1 cm³/mol. The molecule has 0 spiro atoms. The molecule has 8 heteroatoms. The van der Waals surface area contributed by atoms with Crippen LogP contribution in [0.4, 0.5) is 0 Å². The fourth-order valence-corrected chi connectivity index (χ4v) is 2.96. The lowest BCUT2D eigenvalue weighted by molar-refractivity contribution is -0.221. The van der Waals surface area contributed by atoms with Crippen LogP contribution in [0.1, 0.15) is 38.5 Å². The van der Waals surface area contributed by atoms with Crippen molar-refractivity contribution in [3.8, 4) is 0 Å². The molecule has 3 aliphatic heterocycles. The molecule has 2 atom stereocenters. The largest absolute Gasteiger partial charge is 0.457 e. The van der Waals surface area contributed by atoms with E-state index in [1.165, 1.54) is 0 Å². The van der Waals surface area contributed by atoms with Gasteiger partial charge in [-0.05, 0) is 38.5 Å². The summed E-state index contributed by atoms with van der Waals surface area (Å²) in [4.78, 5) is 24.8. The van der Waals surface area contributed by atoms with Crippen molar-refractivity contribution in [2.75, 3.05) is 26.4 Å². The third kappa shape index (κ3) is 4.43. The standard InChI is InChI=1S/C17H24O8/c18-15(22-11-13-5-1-3-7-20-13)17(24-9-10-25-17)16(19)23-12-14-6-2-4-8-21-14/h9-10,13-14H,1-8,11-12H2. The van der Waals surface area contributed by atoms with Crippen LogP contribution in [-0.2, 0) is 38.0 Å². The van der Waals surface area contributed by atoms with E-state index in [4.69, 9.17) is 28.4 Å². The van der Waals surface area contributed by atoms with Gasteiger partial charge in [0.2, 0.25) is 0 Å². The van der Waals surface area contributed by atoms with Gasteiger partial charge in [-0.3, -0.25) is 0 Å². The molecule has 0 saturated carbocycles. The van der Waals surface area contributed by atoms with Crippen LogP contribution >= 0.6 is 0 Å². The first-order chi connectivity index (χ1) is 12.2. The van der Waals surface area contributed by atoms with Crippen molar-refractivity contribution in [3.63, 3.8) is 0 Å². The molecule has 0 aliphatic carbocycles. The van der Waals surface area contributed by atoms with E-state index in [9.17, 15) is 9.59 Å². The molecule has 3 rings (SSSR count). The van der Waals surface area contributed by atoms with E-state index < -0.39 is 17.7 Å². The van der Waals surface area contributed by atoms with Crippen molar-refractivity contribution in [3.05, 3.63) is 12.5 Å². The summed E-state index contributed by atoms with van der Waals surface area (Å²) in [5, 5.41) is 0. The Bertz CT molecular complexity index is 447. The summed E-state index contributed by atoms with van der Waals surface area (Å²) >= 11 is 0. The van der Waals surface area contributed by atoms with E-state index >= 15 is 0 Å². The lowest BCUT2D eigenvalue weighted by atomic mass is 10.1. The van der Waals surface area contributed by atoms with Crippen LogP contribution in [0, 0.1) is 0 Å². The van der Waals surface area contributed by atoms with Crippen molar-refractivity contribution in [2.24, 2.45) is 0 Å². The van der Waals surface area contributed by atoms with E-state index in [2.05, 4.69) is 0 Å². The smallest absolute Gasteiger partial charge is 0.452 e. The van der Waals surface area contributed by atoms with Crippen LogP contribution in [-0.4, -0.2) is 56.4 Å². The molecule has 0 aromatic rings. The average Bonchev–Trinajstić information content (AvgIpc) is 3.17. The molecule has 3 aliphatic rings. The maximum absolute atomic E-state index is 12.4. The van der Waals surface area contributed by atoms with Gasteiger partial charge in [-0.2, -0.15) is 0 Å². The summed E-state index contributed by atoms with van der Waals surface area (Å²) in [7, 11) is 0. The summed E-state index contributed by atoms with van der Waals surface area (Å²) in [6.45, 7) is 1.38. The zero-order valence-corrected chi connectivity index (χ0v) is 14.1. The van der Waals surface area contributed by atoms with Gasteiger partial charge >= 0.3 is 17.7 Å². The Morgan fingerprint density at radius 2 is 1.32 bits per heavy atom. The first-order valence-corrected chi connectivity index (χ1v) is 8.79. The lowest BCUT2D eigenvalue weighted by Crippen LogP contribution is -2.51. The van der Waals surface area contributed by atoms with E-state index in [0.717, 1.165) is 51.0 Å². The topological polar surface area (TPSA) is 89.5 Å². The van der Waals surface area contributed by atoms with Crippen LogP contribution in [0.3, 0.4) is 0 Å². The fourth-order valence-electron chi connectivity index (χ4n) is 2.96. The molecule has 0 amide bonds. The van der Waals surface area contributed by atoms with Crippen molar-refractivity contribution in [1.29, 1.82) is 0 Å². The number of ether oxygens (including phenoxy) is 6. The highest BCUT2D eigenvalue weighted by Gasteiger charge is 2.56. The molecule has 25 heavy (non-hydrogen) atoms. The second-order valence-corrected chi connectivity index (χ2v) is 6.30. The predicted octanol–water partition coefficient (Wildman–Crippen LogP) is 1.43. The fraction of sp³-hybridized carbons (Fsp3) is 0.765. The lowest BCUT2D eigenvalue weighted by Gasteiger charge is -2.27. The Hall–Kier alpha value is -1.80. The molecule has 0 aromatic heterocycles. The quantitative estimate of drug-likeness (QED) is 0.521. The molecule has 2 unspecified atom stereocenters. The number of carbonyl (C=O) groups excluding carboxylic acids is 2. The zero-order valence-electron chi connectivity index (χ0n) is 14.1. The Morgan fingerprint density at radius 1 is 0.840 bits per heavy atom. The monoisotopic (exact) mass is 356 g/mol. The summed E-state index contributed by atoms with van der Waals surface area (Å²) < 4.78 is 31.6. The van der Waals surface area contributed by atoms with Crippen molar-refractivity contribution in [1.82, 2.24) is 0 Å². The van der Waals surface area contributed by atoms with Crippen LogP contribution in [0.15, 0.2) is 12.5 Å². The summed E-state index contributed by atoms with van der Waals surface area (Å²) in [5.41, 5.74) is 0. The number of esters is 2. The summed E-state index contributed by atoms with van der Waals surface area (Å²) in [5.74, 6) is -4.12. The minimum absolute atomic E-state index is 0.0479. The van der Waals surface area contributed by atoms with Crippen molar-refractivity contribution >= 4 is 11.9 Å². The van der Waals surface area contributed by atoms with Gasteiger partial charge in [-0.25, -0.2) is 9.59 Å². The molecule has 0 radical (unpaired) electrons. The average molecular weight is 356 g/mol. The zero-order chi connectivity index (χ0) is 17.5. The van der Waals surface area contributed by atoms with Gasteiger partial charge in [-0.1, -0.05) is 0 Å². The van der Waals surface area contributed by atoms with E-state index in [0.29, 0.717) is 13.2 Å². The van der Waals surface area contributed by atoms with Gasteiger partial charge < -0.3 is 28.4 Å². The van der Waals surface area contributed by atoms with Crippen LogP contribution < -0.4 is 0 Å². The van der Waals surface area contributed by atoms with Crippen LogP contribution in [0.2, 0.25) is 0 Å². The normalized spacial score (nSPS) is 27.8. The number of rotatable bonds is 6. The second-order valence-electron chi connectivity index (χ2n) is 6.30. The van der Waals surface area contributed by atoms with Gasteiger partial charge in [0.1, 0.15) is 25.7 Å². The van der Waals surface area contributed by atoms with E-state index in [1.807, 2.05) is 0 Å². The first-order valence-electron chi connectivity index (χ1n) is 8.79. The molecular weight excluding hydrogens is 332 g/mol. The van der Waals surface area contributed by atoms with Gasteiger partial charge in [0.15, 0.2) is 0 Å². The minimum Gasteiger partial charge on any atom is -0.457 e. The van der Waals surface area contributed by atoms with Gasteiger partial charge in [0, 0.05) is 13.2 Å². The minimum atomic E-state index is -2.23. The van der Waals surface area contributed by atoms with Gasteiger partial charge in [-0.15, -0.1) is 0 Å². The summed E-state index contributed by atoms with van der Waals surface area (Å²) in [6, 6.07) is 0. The Balaban J connectivity index is 1.51. The van der Waals surface area contributed by atoms with E-state index in [-0.39, 0.29) is 25.4 Å². The summed E-state index contributed by atoms with van der Waals surface area (Å²) in [6.07, 6.45) is 7.56. The Kier molecular flexibility index (Phi) is 6.14. The maximum atomic E-state index is 12.4. The van der Waals surface area contributed by atoms with E-state index in [1.54, 1.807) is 0 Å². The molecule has 2 saturated heterocycles. The van der Waals surface area contributed by atoms with Gasteiger partial charge in [0.05, 0.1) is 12.2 Å². The molecule has 8 nitrogen and oxygen atoms in total. The number of hydrogen-bond donors (Lipinski definition) is 0. The molecule has 3 heterocycles. The molecular formula is C17H24O8. The maximum Gasteiger partial charge on any atom is 0.452 e. The molecule has 0 N–H and O–H groups in total. The molecule has 2 fully saturated rings. The van der Waals surface area contributed by atoms with Gasteiger partial charge in [0.25, 0.3) is 0 Å². The molecule has 0 bridgehead atoms. The SMILES string of the molecule is O=C(OCC1CCCCO1)C1(C(=O)OCC2CCCCO2)OC=CO1. The highest BCUT2D eigenvalue weighted by Crippen LogP contribution is 2.25. The first kappa shape index (κ1) is 18.0. The highest BCUT2D eigenvalue weighted by atomic mass is 16.8. The number of carbonyl (C=O) groups is 2. The van der Waals surface area contributed by atoms with Crippen molar-refractivity contribution < 1.29 is 38.0 Å². The third-order valence-corrected chi connectivity index (χ3v) is 4.41. The Labute approximate surface area is 146 Å². The van der Waals surface area contributed by atoms with Crippen molar-refractivity contribution in [2.45, 2.75) is 56.5 Å².